The first-order valence-corrected chi connectivity index (χ1v) is 7.22. The van der Waals surface area contributed by atoms with Crippen molar-refractivity contribution in [1.82, 2.24) is 0 Å². The molecule has 0 saturated heterocycles. The standard InChI is InChI=1S/C16H17Cl2NO/c1-11-5-6-15(12(9-11)7-8-19)20-10-13-3-2-4-14(17)16(13)18/h2-6,9H,7-8,10,19H2,1H3. The zero-order valence-corrected chi connectivity index (χ0v) is 12.8. The van der Waals surface area contributed by atoms with Crippen molar-refractivity contribution >= 4 is 23.2 Å². The molecule has 2 nitrogen and oxygen atoms in total. The van der Waals surface area contributed by atoms with E-state index in [9.17, 15) is 0 Å². The van der Waals surface area contributed by atoms with E-state index >= 15 is 0 Å². The molecule has 4 heteroatoms. The summed E-state index contributed by atoms with van der Waals surface area (Å²) in [6.45, 7) is 3.04. The molecule has 0 bridgehead atoms. The van der Waals surface area contributed by atoms with E-state index in [1.165, 1.54) is 5.56 Å². The van der Waals surface area contributed by atoms with Crippen LogP contribution < -0.4 is 10.5 Å². The van der Waals surface area contributed by atoms with Gasteiger partial charge in [0.25, 0.3) is 0 Å². The highest BCUT2D eigenvalue weighted by Crippen LogP contribution is 2.27. The minimum atomic E-state index is 0.389. The molecule has 2 aromatic carbocycles. The van der Waals surface area contributed by atoms with Crippen LogP contribution in [0, 0.1) is 6.92 Å². The fourth-order valence-corrected chi connectivity index (χ4v) is 2.39. The number of hydrogen-bond donors (Lipinski definition) is 1. The lowest BCUT2D eigenvalue weighted by Gasteiger charge is -2.13. The van der Waals surface area contributed by atoms with Crippen LogP contribution >= 0.6 is 23.2 Å². The Hall–Kier alpha value is -1.22. The molecule has 0 saturated carbocycles. The van der Waals surface area contributed by atoms with Gasteiger partial charge in [-0.05, 0) is 37.6 Å². The lowest BCUT2D eigenvalue weighted by molar-refractivity contribution is 0.303. The highest BCUT2D eigenvalue weighted by Gasteiger charge is 2.07. The van der Waals surface area contributed by atoms with Crippen LogP contribution in [0.25, 0.3) is 0 Å². The van der Waals surface area contributed by atoms with Crippen LogP contribution in [0.2, 0.25) is 10.0 Å². The zero-order chi connectivity index (χ0) is 14.5. The summed E-state index contributed by atoms with van der Waals surface area (Å²) in [5, 5.41) is 1.08. The van der Waals surface area contributed by atoms with Gasteiger partial charge in [-0.2, -0.15) is 0 Å². The Morgan fingerprint density at radius 3 is 2.65 bits per heavy atom. The maximum absolute atomic E-state index is 6.15. The molecular formula is C16H17Cl2NO. The van der Waals surface area contributed by atoms with Gasteiger partial charge >= 0.3 is 0 Å². The van der Waals surface area contributed by atoms with Crippen molar-refractivity contribution in [2.24, 2.45) is 5.73 Å². The second-order valence-corrected chi connectivity index (χ2v) is 5.44. The summed E-state index contributed by atoms with van der Waals surface area (Å²) in [5.41, 5.74) is 8.82. The first-order chi connectivity index (χ1) is 9.61. The van der Waals surface area contributed by atoms with Crippen LogP contribution in [0.15, 0.2) is 36.4 Å². The van der Waals surface area contributed by atoms with Crippen molar-refractivity contribution in [3.05, 3.63) is 63.1 Å². The quantitative estimate of drug-likeness (QED) is 0.889. The van der Waals surface area contributed by atoms with Gasteiger partial charge in [0.2, 0.25) is 0 Å². The van der Waals surface area contributed by atoms with Gasteiger partial charge in [-0.15, -0.1) is 0 Å². The molecule has 2 rings (SSSR count). The van der Waals surface area contributed by atoms with Gasteiger partial charge in [0.15, 0.2) is 0 Å². The number of aryl methyl sites for hydroxylation is 1. The minimum Gasteiger partial charge on any atom is -0.489 e. The van der Waals surface area contributed by atoms with E-state index in [1.54, 1.807) is 6.07 Å². The highest BCUT2D eigenvalue weighted by atomic mass is 35.5. The van der Waals surface area contributed by atoms with Crippen molar-refractivity contribution in [1.29, 1.82) is 0 Å². The largest absolute Gasteiger partial charge is 0.489 e. The Morgan fingerprint density at radius 2 is 1.90 bits per heavy atom. The summed E-state index contributed by atoms with van der Waals surface area (Å²) in [6, 6.07) is 11.6. The Kier molecular flexibility index (Phi) is 5.30. The SMILES string of the molecule is Cc1ccc(OCc2cccc(Cl)c2Cl)c(CCN)c1. The van der Waals surface area contributed by atoms with E-state index in [0.29, 0.717) is 23.2 Å². The molecule has 106 valence electrons. The van der Waals surface area contributed by atoms with Crippen LogP contribution in [0.5, 0.6) is 5.75 Å². The van der Waals surface area contributed by atoms with E-state index in [1.807, 2.05) is 24.3 Å². The van der Waals surface area contributed by atoms with Crippen LogP contribution in [0.1, 0.15) is 16.7 Å². The number of halogens is 2. The van der Waals surface area contributed by atoms with Gasteiger partial charge in [0.05, 0.1) is 10.0 Å². The maximum atomic E-state index is 6.15. The van der Waals surface area contributed by atoms with Crippen molar-refractivity contribution in [3.8, 4) is 5.75 Å². The van der Waals surface area contributed by atoms with E-state index < -0.39 is 0 Å². The molecule has 20 heavy (non-hydrogen) atoms. The zero-order valence-electron chi connectivity index (χ0n) is 11.3. The summed E-state index contributed by atoms with van der Waals surface area (Å²) in [4.78, 5) is 0. The van der Waals surface area contributed by atoms with Crippen LogP contribution in [0.4, 0.5) is 0 Å². The second kappa shape index (κ2) is 6.98. The molecule has 2 N–H and O–H groups in total. The molecule has 0 aliphatic carbocycles. The van der Waals surface area contributed by atoms with E-state index in [0.717, 1.165) is 23.3 Å². The average molecular weight is 310 g/mol. The third-order valence-electron chi connectivity index (χ3n) is 3.04. The van der Waals surface area contributed by atoms with Gasteiger partial charge in [-0.1, -0.05) is 53.0 Å². The van der Waals surface area contributed by atoms with Gasteiger partial charge in [0, 0.05) is 5.56 Å². The Morgan fingerprint density at radius 1 is 1.10 bits per heavy atom. The molecular weight excluding hydrogens is 293 g/mol. The second-order valence-electron chi connectivity index (χ2n) is 4.65. The van der Waals surface area contributed by atoms with E-state index in [-0.39, 0.29) is 0 Å². The number of benzene rings is 2. The normalized spacial score (nSPS) is 10.6. The van der Waals surface area contributed by atoms with E-state index in [4.69, 9.17) is 33.7 Å². The monoisotopic (exact) mass is 309 g/mol. The topological polar surface area (TPSA) is 35.2 Å². The van der Waals surface area contributed by atoms with Crippen LogP contribution in [-0.4, -0.2) is 6.54 Å². The van der Waals surface area contributed by atoms with Crippen molar-refractivity contribution in [3.63, 3.8) is 0 Å². The van der Waals surface area contributed by atoms with Crippen LogP contribution in [0.3, 0.4) is 0 Å². The molecule has 0 atom stereocenters. The summed E-state index contributed by atoms with van der Waals surface area (Å²) in [6.07, 6.45) is 0.792. The van der Waals surface area contributed by atoms with E-state index in [2.05, 4.69) is 13.0 Å². The minimum absolute atomic E-state index is 0.389. The highest BCUT2D eigenvalue weighted by molar-refractivity contribution is 6.42. The summed E-state index contributed by atoms with van der Waals surface area (Å²) < 4.78 is 5.87. The molecule has 0 radical (unpaired) electrons. The van der Waals surface area contributed by atoms with Gasteiger partial charge < -0.3 is 10.5 Å². The van der Waals surface area contributed by atoms with Gasteiger partial charge in [-0.25, -0.2) is 0 Å². The van der Waals surface area contributed by atoms with Gasteiger partial charge in [-0.3, -0.25) is 0 Å². The number of ether oxygens (including phenoxy) is 1. The Balaban J connectivity index is 2.16. The lowest BCUT2D eigenvalue weighted by atomic mass is 10.1. The summed E-state index contributed by atoms with van der Waals surface area (Å²) in [5.74, 6) is 0.845. The predicted molar refractivity (Wildman–Crippen MR) is 84.7 cm³/mol. The van der Waals surface area contributed by atoms with Crippen molar-refractivity contribution < 1.29 is 4.74 Å². The maximum Gasteiger partial charge on any atom is 0.123 e. The lowest BCUT2D eigenvalue weighted by Crippen LogP contribution is -2.06. The molecule has 0 unspecified atom stereocenters. The molecule has 0 aliphatic rings. The third-order valence-corrected chi connectivity index (χ3v) is 3.90. The van der Waals surface area contributed by atoms with Crippen molar-refractivity contribution in [2.45, 2.75) is 20.0 Å². The first kappa shape index (κ1) is 15.2. The fraction of sp³-hybridized carbons (Fsp3) is 0.250. The number of hydrogen-bond acceptors (Lipinski definition) is 2. The summed E-state index contributed by atoms with van der Waals surface area (Å²) >= 11 is 12.1. The first-order valence-electron chi connectivity index (χ1n) is 6.47. The number of rotatable bonds is 5. The Bertz CT molecular complexity index is 599. The number of nitrogens with two attached hydrogens (primary N) is 1. The van der Waals surface area contributed by atoms with Crippen molar-refractivity contribution in [2.75, 3.05) is 6.54 Å². The Labute approximate surface area is 129 Å². The van der Waals surface area contributed by atoms with Gasteiger partial charge in [0.1, 0.15) is 12.4 Å². The van der Waals surface area contributed by atoms with Crippen LogP contribution in [-0.2, 0) is 13.0 Å². The molecule has 0 aliphatic heterocycles. The average Bonchev–Trinajstić information content (AvgIpc) is 2.42. The molecule has 0 aromatic heterocycles. The molecule has 2 aromatic rings. The molecule has 0 heterocycles. The molecule has 0 fully saturated rings. The summed E-state index contributed by atoms with van der Waals surface area (Å²) in [7, 11) is 0. The fourth-order valence-electron chi connectivity index (χ4n) is 2.02. The smallest absolute Gasteiger partial charge is 0.123 e. The third kappa shape index (κ3) is 3.66. The molecule has 0 spiro atoms. The predicted octanol–water partition coefficient (Wildman–Crippen LogP) is 4.38. The molecule has 0 amide bonds.